The van der Waals surface area contributed by atoms with Gasteiger partial charge in [0.05, 0.1) is 0 Å². The fraction of sp³-hybridized carbons (Fsp3) is 0.909. The van der Waals surface area contributed by atoms with Crippen molar-refractivity contribution in [2.24, 2.45) is 4.99 Å². The number of nitrogens with zero attached hydrogens (tertiary/aromatic N) is 1. The van der Waals surface area contributed by atoms with Crippen LogP contribution in [0.15, 0.2) is 4.99 Å². The van der Waals surface area contributed by atoms with E-state index in [0.717, 1.165) is 11.6 Å². The van der Waals surface area contributed by atoms with Crippen LogP contribution >= 0.6 is 11.8 Å². The Morgan fingerprint density at radius 2 is 2.07 bits per heavy atom. The highest BCUT2D eigenvalue weighted by molar-refractivity contribution is 8.14. The summed E-state index contributed by atoms with van der Waals surface area (Å²) in [6.45, 7) is 8.86. The van der Waals surface area contributed by atoms with E-state index in [1.807, 2.05) is 11.8 Å². The molecule has 0 saturated carbocycles. The molecule has 1 heterocycles. The van der Waals surface area contributed by atoms with Crippen molar-refractivity contribution in [3.05, 3.63) is 0 Å². The van der Waals surface area contributed by atoms with Crippen molar-refractivity contribution in [1.82, 2.24) is 5.32 Å². The van der Waals surface area contributed by atoms with Gasteiger partial charge in [0.15, 0.2) is 5.17 Å². The first kappa shape index (κ1) is 11.9. The molecule has 0 spiro atoms. The van der Waals surface area contributed by atoms with Crippen molar-refractivity contribution >= 4 is 16.9 Å². The minimum Gasteiger partial charge on any atom is -0.359 e. The van der Waals surface area contributed by atoms with Crippen molar-refractivity contribution in [3.63, 3.8) is 0 Å². The van der Waals surface area contributed by atoms with Gasteiger partial charge >= 0.3 is 0 Å². The van der Waals surface area contributed by atoms with Gasteiger partial charge in [0.1, 0.15) is 0 Å². The first-order chi connectivity index (χ1) is 6.65. The minimum atomic E-state index is 0.316. The second-order valence-corrected chi connectivity index (χ2v) is 5.06. The molecular weight excluding hydrogens is 192 g/mol. The molecule has 1 fully saturated rings. The summed E-state index contributed by atoms with van der Waals surface area (Å²) in [6, 6.07) is 0.453. The molecule has 1 rings (SSSR count). The zero-order chi connectivity index (χ0) is 10.6. The topological polar surface area (TPSA) is 24.4 Å². The van der Waals surface area contributed by atoms with Gasteiger partial charge in [-0.1, -0.05) is 32.5 Å². The Morgan fingerprint density at radius 1 is 1.43 bits per heavy atom. The second kappa shape index (κ2) is 5.06. The van der Waals surface area contributed by atoms with E-state index in [-0.39, 0.29) is 0 Å². The first-order valence-electron chi connectivity index (χ1n) is 5.64. The van der Waals surface area contributed by atoms with Crippen molar-refractivity contribution in [1.29, 1.82) is 0 Å². The van der Waals surface area contributed by atoms with Gasteiger partial charge in [0.25, 0.3) is 0 Å². The van der Waals surface area contributed by atoms with Crippen LogP contribution in [0.1, 0.15) is 47.0 Å². The van der Waals surface area contributed by atoms with Crippen molar-refractivity contribution in [2.75, 3.05) is 5.75 Å². The van der Waals surface area contributed by atoms with Crippen LogP contribution in [0.3, 0.4) is 0 Å². The van der Waals surface area contributed by atoms with Crippen LogP contribution in [0.5, 0.6) is 0 Å². The summed E-state index contributed by atoms with van der Waals surface area (Å²) in [7, 11) is 0. The Labute approximate surface area is 92.0 Å². The number of hydrogen-bond acceptors (Lipinski definition) is 2. The van der Waals surface area contributed by atoms with Gasteiger partial charge in [-0.05, 0) is 26.2 Å². The van der Waals surface area contributed by atoms with Crippen molar-refractivity contribution in [3.8, 4) is 0 Å². The summed E-state index contributed by atoms with van der Waals surface area (Å²) < 4.78 is 0. The average Bonchev–Trinajstić information content (AvgIpc) is 2.62. The minimum absolute atomic E-state index is 0.316. The predicted octanol–water partition coefficient (Wildman–Crippen LogP) is 3.04. The van der Waals surface area contributed by atoms with Crippen LogP contribution in [-0.4, -0.2) is 22.5 Å². The smallest absolute Gasteiger partial charge is 0.157 e. The maximum Gasteiger partial charge on any atom is 0.157 e. The number of nitrogens with one attached hydrogen (secondary N) is 1. The molecule has 1 aliphatic heterocycles. The largest absolute Gasteiger partial charge is 0.359 e. The van der Waals surface area contributed by atoms with E-state index in [4.69, 9.17) is 0 Å². The quantitative estimate of drug-likeness (QED) is 0.778. The van der Waals surface area contributed by atoms with E-state index >= 15 is 0 Å². The lowest BCUT2D eigenvalue weighted by Gasteiger charge is -2.25. The molecule has 1 saturated heterocycles. The zero-order valence-corrected chi connectivity index (χ0v) is 10.6. The van der Waals surface area contributed by atoms with Gasteiger partial charge in [0, 0.05) is 17.3 Å². The van der Waals surface area contributed by atoms with E-state index in [0.29, 0.717) is 11.6 Å². The van der Waals surface area contributed by atoms with Gasteiger partial charge in [-0.3, -0.25) is 4.99 Å². The molecule has 1 aliphatic rings. The van der Waals surface area contributed by atoms with Gasteiger partial charge in [-0.15, -0.1) is 0 Å². The van der Waals surface area contributed by atoms with Gasteiger partial charge in [-0.2, -0.15) is 0 Å². The molecule has 1 atom stereocenters. The van der Waals surface area contributed by atoms with E-state index in [1.54, 1.807) is 0 Å². The van der Waals surface area contributed by atoms with Gasteiger partial charge in [0.2, 0.25) is 0 Å². The molecule has 0 aromatic heterocycles. The molecular formula is C11H22N2S. The van der Waals surface area contributed by atoms with Crippen molar-refractivity contribution in [2.45, 2.75) is 58.5 Å². The summed E-state index contributed by atoms with van der Waals surface area (Å²) in [5, 5.41) is 4.74. The normalized spacial score (nSPS) is 25.0. The third-order valence-electron chi connectivity index (χ3n) is 3.14. The van der Waals surface area contributed by atoms with E-state index < -0.39 is 0 Å². The predicted molar refractivity (Wildman–Crippen MR) is 66.1 cm³/mol. The Kier molecular flexibility index (Phi) is 4.30. The lowest BCUT2D eigenvalue weighted by molar-refractivity contribution is 0.407. The van der Waals surface area contributed by atoms with Crippen LogP contribution in [0, 0.1) is 0 Å². The number of thioether (sulfide) groups is 1. The Bertz CT molecular complexity index is 209. The molecule has 1 unspecified atom stereocenters. The molecule has 0 bridgehead atoms. The molecule has 3 heteroatoms. The van der Waals surface area contributed by atoms with Gasteiger partial charge in [-0.25, -0.2) is 0 Å². The van der Waals surface area contributed by atoms with Crippen LogP contribution in [0.4, 0.5) is 0 Å². The lowest BCUT2D eigenvalue weighted by Crippen LogP contribution is -2.42. The van der Waals surface area contributed by atoms with Crippen LogP contribution in [0.25, 0.3) is 0 Å². The Balaban J connectivity index is 2.59. The lowest BCUT2D eigenvalue weighted by atomic mass is 9.96. The number of aliphatic imine (C=N–C) groups is 1. The zero-order valence-electron chi connectivity index (χ0n) is 9.76. The van der Waals surface area contributed by atoms with Crippen LogP contribution < -0.4 is 5.32 Å². The standard InChI is InChI=1S/C11H22N2S/c1-5-9(4)12-10-13-11(6-2,7-3)8-14-10/h9H,5-8H2,1-4H3,(H,12,13). The molecule has 0 radical (unpaired) electrons. The van der Waals surface area contributed by atoms with Crippen LogP contribution in [-0.2, 0) is 0 Å². The fourth-order valence-corrected chi connectivity index (χ4v) is 2.93. The van der Waals surface area contributed by atoms with E-state index in [1.165, 1.54) is 18.6 Å². The van der Waals surface area contributed by atoms with Crippen LogP contribution in [0.2, 0.25) is 0 Å². The van der Waals surface area contributed by atoms with E-state index in [9.17, 15) is 0 Å². The maximum atomic E-state index is 4.65. The van der Waals surface area contributed by atoms with Gasteiger partial charge < -0.3 is 5.32 Å². The summed E-state index contributed by atoms with van der Waals surface area (Å²) in [4.78, 5) is 4.65. The summed E-state index contributed by atoms with van der Waals surface area (Å²) >= 11 is 1.88. The second-order valence-electron chi connectivity index (χ2n) is 4.09. The monoisotopic (exact) mass is 214 g/mol. The third kappa shape index (κ3) is 2.66. The number of amidine groups is 1. The molecule has 82 valence electrons. The highest BCUT2D eigenvalue weighted by Gasteiger charge is 2.33. The average molecular weight is 214 g/mol. The number of hydrogen-bond donors (Lipinski definition) is 1. The third-order valence-corrected chi connectivity index (χ3v) is 4.32. The Morgan fingerprint density at radius 3 is 2.50 bits per heavy atom. The molecule has 0 aromatic carbocycles. The summed E-state index contributed by atoms with van der Waals surface area (Å²) in [5.41, 5.74) is 0.316. The molecule has 14 heavy (non-hydrogen) atoms. The Hall–Kier alpha value is -0.180. The highest BCUT2D eigenvalue weighted by Crippen LogP contribution is 2.29. The summed E-state index contributed by atoms with van der Waals surface area (Å²) in [6.07, 6.45) is 3.50. The fourth-order valence-electron chi connectivity index (χ4n) is 1.50. The highest BCUT2D eigenvalue weighted by atomic mass is 32.2. The first-order valence-corrected chi connectivity index (χ1v) is 6.63. The molecule has 2 nitrogen and oxygen atoms in total. The number of rotatable bonds is 4. The molecule has 0 aromatic rings. The molecule has 0 amide bonds. The van der Waals surface area contributed by atoms with Crippen molar-refractivity contribution < 1.29 is 0 Å². The molecule has 0 aliphatic carbocycles. The SMILES string of the molecule is CCC(C)N=C1NC(CC)(CC)CS1. The summed E-state index contributed by atoms with van der Waals surface area (Å²) in [5.74, 6) is 1.18. The van der Waals surface area contributed by atoms with E-state index in [2.05, 4.69) is 38.0 Å². The molecule has 1 N–H and O–H groups in total. The maximum absolute atomic E-state index is 4.65.